The molecule has 1 fully saturated rings. The third-order valence-electron chi connectivity index (χ3n) is 7.16. The molecule has 4 aromatic carbocycles. The Kier molecular flexibility index (Phi) is 7.34. The number of carbonyl (C=O) groups is 1. The smallest absolute Gasteiger partial charge is 0.233 e. The molecule has 5 rings (SSSR count). The predicted molar refractivity (Wildman–Crippen MR) is 146 cm³/mol. The Hall–Kier alpha value is -3.88. The number of aliphatic hydroxyl groups is 1. The molecule has 0 saturated carbocycles. The third-order valence-corrected chi connectivity index (χ3v) is 8.32. The average Bonchev–Trinajstić information content (AvgIpc) is 2.92. The van der Waals surface area contributed by atoms with Gasteiger partial charge >= 0.3 is 0 Å². The van der Waals surface area contributed by atoms with E-state index >= 15 is 0 Å². The minimum absolute atomic E-state index is 0.109. The summed E-state index contributed by atoms with van der Waals surface area (Å²) in [5, 5.41) is 10.7. The van der Waals surface area contributed by atoms with Crippen LogP contribution in [0.15, 0.2) is 102 Å². The second-order valence-corrected chi connectivity index (χ2v) is 11.8. The summed E-state index contributed by atoms with van der Waals surface area (Å²) in [5.41, 5.74) is 3.02. The van der Waals surface area contributed by atoms with Gasteiger partial charge in [-0.25, -0.2) is 17.2 Å². The van der Waals surface area contributed by atoms with Gasteiger partial charge in [0.25, 0.3) is 0 Å². The molecule has 0 radical (unpaired) electrons. The Morgan fingerprint density at radius 1 is 0.846 bits per heavy atom. The molecule has 5 nitrogen and oxygen atoms in total. The van der Waals surface area contributed by atoms with Crippen molar-refractivity contribution < 1.29 is 27.1 Å². The molecule has 4 aromatic rings. The molecule has 1 amide bonds. The van der Waals surface area contributed by atoms with Crippen LogP contribution in [0.2, 0.25) is 0 Å². The van der Waals surface area contributed by atoms with Crippen molar-refractivity contribution in [1.82, 2.24) is 0 Å². The van der Waals surface area contributed by atoms with Crippen molar-refractivity contribution in [3.63, 3.8) is 0 Å². The van der Waals surface area contributed by atoms with Crippen LogP contribution in [0.3, 0.4) is 0 Å². The first-order valence-corrected chi connectivity index (χ1v) is 14.4. The lowest BCUT2D eigenvalue weighted by atomic mass is 9.78. The van der Waals surface area contributed by atoms with Crippen LogP contribution in [0.25, 0.3) is 11.1 Å². The second-order valence-electron chi connectivity index (χ2n) is 9.77. The highest BCUT2D eigenvalue weighted by molar-refractivity contribution is 7.90. The van der Waals surface area contributed by atoms with Crippen LogP contribution in [0.1, 0.15) is 36.1 Å². The quantitative estimate of drug-likeness (QED) is 0.265. The Labute approximate surface area is 226 Å². The zero-order chi connectivity index (χ0) is 27.7. The van der Waals surface area contributed by atoms with Crippen LogP contribution >= 0.6 is 0 Å². The van der Waals surface area contributed by atoms with Gasteiger partial charge in [-0.15, -0.1) is 0 Å². The molecule has 1 saturated heterocycles. The first kappa shape index (κ1) is 26.7. The largest absolute Gasteiger partial charge is 0.388 e. The van der Waals surface area contributed by atoms with Crippen LogP contribution in [-0.4, -0.2) is 25.7 Å². The van der Waals surface area contributed by atoms with E-state index in [1.54, 1.807) is 12.1 Å². The van der Waals surface area contributed by atoms with Gasteiger partial charge in [-0.3, -0.25) is 4.79 Å². The minimum Gasteiger partial charge on any atom is -0.388 e. The number of halogens is 2. The standard InChI is InChI=1S/C31H27F2NO4S/c1-39(37,38)29-19-22(20-5-3-2-4-6-20)9-16-26(29)30-27(17-18-28(35)21-7-10-23(32)11-8-21)31(36)34(30)25-14-12-24(33)13-15-25/h2-16,19,27-28,30,35H,17-18H2,1H3/t27-,28+,30-/m1/s1. The van der Waals surface area contributed by atoms with Crippen LogP contribution in [0.5, 0.6) is 0 Å². The van der Waals surface area contributed by atoms with E-state index in [0.717, 1.165) is 17.4 Å². The van der Waals surface area contributed by atoms with Crippen molar-refractivity contribution in [3.05, 3.63) is 120 Å². The van der Waals surface area contributed by atoms with Gasteiger partial charge in [0.2, 0.25) is 5.91 Å². The lowest BCUT2D eigenvalue weighted by Crippen LogP contribution is -2.55. The summed E-state index contributed by atoms with van der Waals surface area (Å²) in [6.45, 7) is 0. The normalized spacial score (nSPS) is 18.1. The zero-order valence-corrected chi connectivity index (χ0v) is 22.0. The maximum Gasteiger partial charge on any atom is 0.233 e. The van der Waals surface area contributed by atoms with Crippen LogP contribution in [0, 0.1) is 17.6 Å². The fourth-order valence-electron chi connectivity index (χ4n) is 5.17. The maximum absolute atomic E-state index is 13.7. The van der Waals surface area contributed by atoms with Crippen LogP contribution in [-0.2, 0) is 14.6 Å². The molecule has 0 unspecified atom stereocenters. The van der Waals surface area contributed by atoms with Crippen molar-refractivity contribution in [2.24, 2.45) is 5.92 Å². The molecule has 200 valence electrons. The van der Waals surface area contributed by atoms with Gasteiger partial charge < -0.3 is 10.0 Å². The first-order valence-electron chi connectivity index (χ1n) is 12.5. The number of sulfone groups is 1. The van der Waals surface area contributed by atoms with Crippen molar-refractivity contribution in [2.75, 3.05) is 11.2 Å². The summed E-state index contributed by atoms with van der Waals surface area (Å²) in [4.78, 5) is 15.0. The number of anilines is 1. The summed E-state index contributed by atoms with van der Waals surface area (Å²) in [6.07, 6.45) is 0.695. The average molecular weight is 548 g/mol. The van der Waals surface area contributed by atoms with Gasteiger partial charge in [0.15, 0.2) is 9.84 Å². The van der Waals surface area contributed by atoms with E-state index in [-0.39, 0.29) is 23.6 Å². The zero-order valence-electron chi connectivity index (χ0n) is 21.2. The molecule has 1 N–H and O–H groups in total. The topological polar surface area (TPSA) is 74.7 Å². The van der Waals surface area contributed by atoms with Gasteiger partial charge in [-0.1, -0.05) is 54.6 Å². The van der Waals surface area contributed by atoms with E-state index in [9.17, 15) is 27.1 Å². The van der Waals surface area contributed by atoms with Gasteiger partial charge in [-0.05, 0) is 77.6 Å². The Balaban J connectivity index is 1.53. The highest BCUT2D eigenvalue weighted by atomic mass is 32.2. The Bertz CT molecular complexity index is 1590. The number of aliphatic hydroxyl groups excluding tert-OH is 1. The highest BCUT2D eigenvalue weighted by Crippen LogP contribution is 2.48. The third kappa shape index (κ3) is 5.48. The molecule has 8 heteroatoms. The molecule has 1 aliphatic heterocycles. The lowest BCUT2D eigenvalue weighted by molar-refractivity contribution is -0.131. The highest BCUT2D eigenvalue weighted by Gasteiger charge is 2.49. The number of rotatable bonds is 8. The summed E-state index contributed by atoms with van der Waals surface area (Å²) >= 11 is 0. The molecular weight excluding hydrogens is 520 g/mol. The van der Waals surface area contributed by atoms with Crippen molar-refractivity contribution in [2.45, 2.75) is 29.9 Å². The molecule has 0 spiro atoms. The number of β-lactam (4-membered cyclic amide) rings is 1. The van der Waals surface area contributed by atoms with E-state index in [2.05, 4.69) is 0 Å². The predicted octanol–water partition coefficient (Wildman–Crippen LogP) is 6.25. The Morgan fingerprint density at radius 2 is 1.46 bits per heavy atom. The van der Waals surface area contributed by atoms with Crippen molar-refractivity contribution in [3.8, 4) is 11.1 Å². The molecule has 0 aliphatic carbocycles. The van der Waals surface area contributed by atoms with E-state index in [4.69, 9.17) is 0 Å². The summed E-state index contributed by atoms with van der Waals surface area (Å²) in [5.74, 6) is -1.73. The van der Waals surface area contributed by atoms with E-state index in [0.29, 0.717) is 16.8 Å². The molecule has 39 heavy (non-hydrogen) atoms. The van der Waals surface area contributed by atoms with Crippen LogP contribution < -0.4 is 4.90 Å². The first-order chi connectivity index (χ1) is 18.6. The Morgan fingerprint density at radius 3 is 2.08 bits per heavy atom. The maximum atomic E-state index is 13.7. The second kappa shape index (κ2) is 10.7. The number of nitrogens with zero attached hydrogens (tertiary/aromatic N) is 1. The number of amides is 1. The molecule has 1 heterocycles. The monoisotopic (exact) mass is 547 g/mol. The van der Waals surface area contributed by atoms with Gasteiger partial charge in [0.05, 0.1) is 23.0 Å². The van der Waals surface area contributed by atoms with Crippen molar-refractivity contribution in [1.29, 1.82) is 0 Å². The fraction of sp³-hybridized carbons (Fsp3) is 0.194. The van der Waals surface area contributed by atoms with E-state index in [1.807, 2.05) is 36.4 Å². The van der Waals surface area contributed by atoms with Gasteiger partial charge in [0.1, 0.15) is 11.6 Å². The summed E-state index contributed by atoms with van der Waals surface area (Å²) in [7, 11) is -3.70. The van der Waals surface area contributed by atoms with Gasteiger partial charge in [-0.2, -0.15) is 0 Å². The molecular formula is C31H27F2NO4S. The summed E-state index contributed by atoms with van der Waals surface area (Å²) < 4.78 is 53.0. The number of carbonyl (C=O) groups excluding carboxylic acids is 1. The fourth-order valence-corrected chi connectivity index (χ4v) is 6.13. The van der Waals surface area contributed by atoms with Gasteiger partial charge in [0, 0.05) is 11.9 Å². The molecule has 0 bridgehead atoms. The van der Waals surface area contributed by atoms with Crippen molar-refractivity contribution >= 4 is 21.4 Å². The summed E-state index contributed by atoms with van der Waals surface area (Å²) in [6, 6.07) is 24.9. The minimum atomic E-state index is -3.70. The number of hydrogen-bond donors (Lipinski definition) is 1. The number of benzene rings is 4. The lowest BCUT2D eigenvalue weighted by Gasteiger charge is -2.48. The van der Waals surface area contributed by atoms with E-state index in [1.165, 1.54) is 53.4 Å². The molecule has 3 atom stereocenters. The molecule has 1 aliphatic rings. The van der Waals surface area contributed by atoms with Crippen LogP contribution in [0.4, 0.5) is 14.5 Å². The molecule has 0 aromatic heterocycles. The SMILES string of the molecule is CS(=O)(=O)c1cc(-c2ccccc2)ccc1[C@@H]1[C@@H](CC[C@H](O)c2ccc(F)cc2)C(=O)N1c1ccc(F)cc1. The number of hydrogen-bond acceptors (Lipinski definition) is 4. The van der Waals surface area contributed by atoms with E-state index < -0.39 is 39.5 Å².